The number of carbonyl (C=O) groups excluding carboxylic acids is 1. The molecule has 0 bridgehead atoms. The number of amides is 1. The van der Waals surface area contributed by atoms with Crippen LogP contribution in [-0.4, -0.2) is 43.7 Å². The van der Waals surface area contributed by atoms with Crippen molar-refractivity contribution >= 4 is 5.91 Å². The SMILES string of the molecule is Cc1cc(C)n(CC(=O)N(C)CC2CCn3ccnc3C2)n1. The molecule has 2 aromatic heterocycles. The fourth-order valence-corrected chi connectivity index (χ4v) is 3.14. The van der Waals surface area contributed by atoms with Crippen molar-refractivity contribution in [2.75, 3.05) is 13.6 Å². The van der Waals surface area contributed by atoms with E-state index in [0.29, 0.717) is 12.5 Å². The van der Waals surface area contributed by atoms with Crippen LogP contribution in [0, 0.1) is 19.8 Å². The van der Waals surface area contributed by atoms with Gasteiger partial charge in [-0.3, -0.25) is 9.48 Å². The van der Waals surface area contributed by atoms with Gasteiger partial charge in [-0.15, -0.1) is 0 Å². The number of hydrogen-bond donors (Lipinski definition) is 0. The lowest BCUT2D eigenvalue weighted by atomic mass is 9.97. The van der Waals surface area contributed by atoms with E-state index in [4.69, 9.17) is 0 Å². The molecule has 22 heavy (non-hydrogen) atoms. The lowest BCUT2D eigenvalue weighted by Crippen LogP contribution is -2.37. The fraction of sp³-hybridized carbons (Fsp3) is 0.562. The first-order chi connectivity index (χ1) is 10.5. The standard InChI is InChI=1S/C16H23N5O/c1-12-8-13(2)21(18-12)11-16(22)19(3)10-14-4-6-20-7-5-17-15(20)9-14/h5,7-8,14H,4,6,9-11H2,1-3H3. The van der Waals surface area contributed by atoms with Crippen molar-refractivity contribution in [1.29, 1.82) is 0 Å². The molecule has 3 heterocycles. The van der Waals surface area contributed by atoms with Gasteiger partial charge < -0.3 is 9.47 Å². The van der Waals surface area contributed by atoms with Crippen molar-refractivity contribution in [1.82, 2.24) is 24.2 Å². The number of aryl methyl sites for hydroxylation is 3. The first-order valence-electron chi connectivity index (χ1n) is 7.78. The third-order valence-corrected chi connectivity index (χ3v) is 4.40. The van der Waals surface area contributed by atoms with Gasteiger partial charge >= 0.3 is 0 Å². The van der Waals surface area contributed by atoms with Crippen molar-refractivity contribution < 1.29 is 4.79 Å². The molecule has 0 aliphatic carbocycles. The Morgan fingerprint density at radius 3 is 3.00 bits per heavy atom. The van der Waals surface area contributed by atoms with Gasteiger partial charge in [0.15, 0.2) is 0 Å². The Kier molecular flexibility index (Phi) is 4.00. The van der Waals surface area contributed by atoms with Crippen molar-refractivity contribution in [3.8, 4) is 0 Å². The molecule has 1 aliphatic heterocycles. The molecule has 3 rings (SSSR count). The molecule has 0 radical (unpaired) electrons. The molecule has 1 unspecified atom stereocenters. The largest absolute Gasteiger partial charge is 0.344 e. The summed E-state index contributed by atoms with van der Waals surface area (Å²) in [5, 5.41) is 4.36. The third-order valence-electron chi connectivity index (χ3n) is 4.40. The summed E-state index contributed by atoms with van der Waals surface area (Å²) >= 11 is 0. The Labute approximate surface area is 130 Å². The molecule has 6 nitrogen and oxygen atoms in total. The minimum absolute atomic E-state index is 0.111. The van der Waals surface area contributed by atoms with Crippen LogP contribution < -0.4 is 0 Å². The van der Waals surface area contributed by atoms with Gasteiger partial charge in [-0.1, -0.05) is 0 Å². The average Bonchev–Trinajstić information content (AvgIpc) is 3.05. The second-order valence-corrected chi connectivity index (χ2v) is 6.25. The number of carbonyl (C=O) groups is 1. The summed E-state index contributed by atoms with van der Waals surface area (Å²) in [7, 11) is 1.88. The van der Waals surface area contributed by atoms with Gasteiger partial charge in [0.25, 0.3) is 0 Å². The van der Waals surface area contributed by atoms with E-state index in [1.807, 2.05) is 44.3 Å². The van der Waals surface area contributed by atoms with E-state index in [2.05, 4.69) is 14.6 Å². The molecule has 2 aromatic rings. The highest BCUT2D eigenvalue weighted by Crippen LogP contribution is 2.19. The van der Waals surface area contributed by atoms with Gasteiger partial charge in [-0.25, -0.2) is 4.98 Å². The Hall–Kier alpha value is -2.11. The molecule has 1 aliphatic rings. The molecule has 0 saturated heterocycles. The zero-order valence-corrected chi connectivity index (χ0v) is 13.5. The van der Waals surface area contributed by atoms with E-state index in [1.165, 1.54) is 0 Å². The number of hydrogen-bond acceptors (Lipinski definition) is 3. The van der Waals surface area contributed by atoms with Gasteiger partial charge in [0, 0.05) is 44.6 Å². The first kappa shape index (κ1) is 14.8. The minimum Gasteiger partial charge on any atom is -0.344 e. The Balaban J connectivity index is 1.57. The van der Waals surface area contributed by atoms with E-state index >= 15 is 0 Å². The van der Waals surface area contributed by atoms with E-state index in [-0.39, 0.29) is 5.91 Å². The van der Waals surface area contributed by atoms with Gasteiger partial charge in [0.1, 0.15) is 12.4 Å². The summed E-state index contributed by atoms with van der Waals surface area (Å²) in [6.07, 6.45) is 5.93. The number of likely N-dealkylation sites (N-methyl/N-ethyl adjacent to an activating group) is 1. The quantitative estimate of drug-likeness (QED) is 0.858. The Morgan fingerprint density at radius 1 is 1.45 bits per heavy atom. The van der Waals surface area contributed by atoms with E-state index in [0.717, 1.165) is 43.1 Å². The highest BCUT2D eigenvalue weighted by Gasteiger charge is 2.22. The molecule has 0 spiro atoms. The second-order valence-electron chi connectivity index (χ2n) is 6.25. The minimum atomic E-state index is 0.111. The topological polar surface area (TPSA) is 56.0 Å². The van der Waals surface area contributed by atoms with Crippen LogP contribution in [0.1, 0.15) is 23.6 Å². The number of nitrogens with zero attached hydrogens (tertiary/aromatic N) is 5. The van der Waals surface area contributed by atoms with Crippen LogP contribution in [0.4, 0.5) is 0 Å². The molecule has 6 heteroatoms. The fourth-order valence-electron chi connectivity index (χ4n) is 3.14. The maximum Gasteiger partial charge on any atom is 0.244 e. The third kappa shape index (κ3) is 3.05. The van der Waals surface area contributed by atoms with Crippen LogP contribution in [0.15, 0.2) is 18.5 Å². The number of aromatic nitrogens is 4. The highest BCUT2D eigenvalue weighted by atomic mass is 16.2. The predicted octanol–water partition coefficient (Wildman–Crippen LogP) is 1.42. The van der Waals surface area contributed by atoms with Gasteiger partial charge in [-0.2, -0.15) is 5.10 Å². The summed E-state index contributed by atoms with van der Waals surface area (Å²) < 4.78 is 3.98. The summed E-state index contributed by atoms with van der Waals surface area (Å²) in [4.78, 5) is 18.6. The van der Waals surface area contributed by atoms with Crippen LogP contribution in [-0.2, 0) is 24.3 Å². The lowest BCUT2D eigenvalue weighted by molar-refractivity contribution is -0.131. The molecule has 0 N–H and O–H groups in total. The predicted molar refractivity (Wildman–Crippen MR) is 83.4 cm³/mol. The maximum absolute atomic E-state index is 12.4. The zero-order valence-electron chi connectivity index (χ0n) is 13.5. The summed E-state index contributed by atoms with van der Waals surface area (Å²) in [6.45, 7) is 6.03. The lowest BCUT2D eigenvalue weighted by Gasteiger charge is -2.28. The van der Waals surface area contributed by atoms with Crippen molar-refractivity contribution in [2.45, 2.75) is 39.8 Å². The Bertz CT molecular complexity index is 672. The number of fused-ring (bicyclic) bond motifs is 1. The van der Waals surface area contributed by atoms with E-state index in [9.17, 15) is 4.79 Å². The molecule has 1 amide bonds. The van der Waals surface area contributed by atoms with Gasteiger partial charge in [0.2, 0.25) is 5.91 Å². The van der Waals surface area contributed by atoms with Crippen molar-refractivity contribution in [3.05, 3.63) is 35.7 Å². The maximum atomic E-state index is 12.4. The highest BCUT2D eigenvalue weighted by molar-refractivity contribution is 5.75. The summed E-state index contributed by atoms with van der Waals surface area (Å²) in [5.74, 6) is 1.74. The van der Waals surface area contributed by atoms with Gasteiger partial charge in [0.05, 0.1) is 5.69 Å². The first-order valence-corrected chi connectivity index (χ1v) is 7.78. The molecule has 118 valence electrons. The normalized spacial score (nSPS) is 17.3. The van der Waals surface area contributed by atoms with Crippen LogP contribution in [0.5, 0.6) is 0 Å². The monoisotopic (exact) mass is 301 g/mol. The van der Waals surface area contributed by atoms with Gasteiger partial charge in [-0.05, 0) is 32.3 Å². The number of imidazole rings is 1. The molecule has 0 fully saturated rings. The number of rotatable bonds is 4. The van der Waals surface area contributed by atoms with E-state index in [1.54, 1.807) is 4.68 Å². The van der Waals surface area contributed by atoms with Crippen LogP contribution in [0.2, 0.25) is 0 Å². The second kappa shape index (κ2) is 5.94. The zero-order chi connectivity index (χ0) is 15.7. The molecule has 0 aromatic carbocycles. The average molecular weight is 301 g/mol. The van der Waals surface area contributed by atoms with Crippen LogP contribution in [0.25, 0.3) is 0 Å². The molecular formula is C16H23N5O. The van der Waals surface area contributed by atoms with Crippen molar-refractivity contribution in [3.63, 3.8) is 0 Å². The van der Waals surface area contributed by atoms with Crippen molar-refractivity contribution in [2.24, 2.45) is 5.92 Å². The summed E-state index contributed by atoms with van der Waals surface area (Å²) in [6, 6.07) is 1.99. The molecular weight excluding hydrogens is 278 g/mol. The van der Waals surface area contributed by atoms with E-state index < -0.39 is 0 Å². The smallest absolute Gasteiger partial charge is 0.244 e. The van der Waals surface area contributed by atoms with Crippen LogP contribution >= 0.6 is 0 Å². The Morgan fingerprint density at radius 2 is 2.27 bits per heavy atom. The molecule has 1 atom stereocenters. The molecule has 0 saturated carbocycles. The van der Waals surface area contributed by atoms with Crippen LogP contribution in [0.3, 0.4) is 0 Å². The summed E-state index contributed by atoms with van der Waals surface area (Å²) in [5.41, 5.74) is 1.98.